The number of hydrogen-bond donors (Lipinski definition) is 1. The summed E-state index contributed by atoms with van der Waals surface area (Å²) in [4.78, 5) is 32.4. The number of piperidine rings is 2. The van der Waals surface area contributed by atoms with E-state index in [-0.39, 0.29) is 17.7 Å². The van der Waals surface area contributed by atoms with Crippen molar-refractivity contribution in [1.29, 1.82) is 0 Å². The molecule has 0 bridgehead atoms. The molecule has 5 rings (SSSR count). The maximum absolute atomic E-state index is 14.1. The molecule has 1 saturated carbocycles. The number of nitrogens with one attached hydrogen (secondary N) is 1. The summed E-state index contributed by atoms with van der Waals surface area (Å²) < 4.78 is 5.39. The lowest BCUT2D eigenvalue weighted by Crippen LogP contribution is -2.63. The molecule has 4 aliphatic rings. The molecule has 3 fully saturated rings. The first kappa shape index (κ1) is 23.8. The van der Waals surface area contributed by atoms with Crippen LogP contribution in [0.2, 0.25) is 0 Å². The molecule has 3 heterocycles. The largest absolute Gasteiger partial charge is 0.383 e. The van der Waals surface area contributed by atoms with Crippen LogP contribution in [0.1, 0.15) is 86.0 Å². The van der Waals surface area contributed by atoms with Crippen molar-refractivity contribution in [1.82, 2.24) is 15.1 Å². The van der Waals surface area contributed by atoms with E-state index in [1.807, 2.05) is 29.2 Å². The molecule has 1 N–H and O–H groups in total. The number of ether oxygens (including phenoxy) is 1. The zero-order valence-electron chi connectivity index (χ0n) is 20.8. The van der Waals surface area contributed by atoms with Crippen LogP contribution < -0.4 is 5.32 Å². The third kappa shape index (κ3) is 4.28. The van der Waals surface area contributed by atoms with Crippen LogP contribution in [0.25, 0.3) is 0 Å². The zero-order valence-corrected chi connectivity index (χ0v) is 20.8. The fraction of sp³-hybridized carbons (Fsp3) is 0.714. The standard InChI is InChI=1S/C28H41N3O3/c1-34-19-18-31-27(33)23-12-4-3-11-22(23)25(28(31)14-6-2-7-15-28)26(32)29-20-21-10-9-17-30-16-8-5-13-24(21)30/h3-4,11-12,21,24-25H,2,5-10,13-20H2,1H3,(H,29,32)/t21-,24-,25-/m1/s1. The van der Waals surface area contributed by atoms with Crippen LogP contribution in [0.5, 0.6) is 0 Å². The molecule has 6 heteroatoms. The normalized spacial score (nSPS) is 28.9. The summed E-state index contributed by atoms with van der Waals surface area (Å²) in [6, 6.07) is 8.43. The quantitative estimate of drug-likeness (QED) is 0.688. The number of carbonyl (C=O) groups is 2. The molecule has 1 spiro atoms. The van der Waals surface area contributed by atoms with Crippen molar-refractivity contribution in [2.45, 2.75) is 81.7 Å². The van der Waals surface area contributed by atoms with E-state index in [1.165, 1.54) is 51.6 Å². The highest BCUT2D eigenvalue weighted by molar-refractivity contribution is 6.02. The van der Waals surface area contributed by atoms with Gasteiger partial charge in [-0.15, -0.1) is 0 Å². The van der Waals surface area contributed by atoms with Crippen molar-refractivity contribution in [3.63, 3.8) is 0 Å². The Balaban J connectivity index is 1.43. The molecule has 1 aliphatic carbocycles. The Kier molecular flexibility index (Phi) is 7.26. The van der Waals surface area contributed by atoms with Gasteiger partial charge in [0.25, 0.3) is 5.91 Å². The van der Waals surface area contributed by atoms with Crippen molar-refractivity contribution in [2.24, 2.45) is 5.92 Å². The van der Waals surface area contributed by atoms with Crippen LogP contribution in [0.3, 0.4) is 0 Å². The van der Waals surface area contributed by atoms with Crippen LogP contribution >= 0.6 is 0 Å². The van der Waals surface area contributed by atoms with Gasteiger partial charge in [-0.25, -0.2) is 0 Å². The van der Waals surface area contributed by atoms with Gasteiger partial charge in [0.05, 0.1) is 18.1 Å². The highest BCUT2D eigenvalue weighted by Gasteiger charge is 2.54. The van der Waals surface area contributed by atoms with Crippen molar-refractivity contribution < 1.29 is 14.3 Å². The van der Waals surface area contributed by atoms with Gasteiger partial charge in [-0.1, -0.05) is 43.9 Å². The average molecular weight is 468 g/mol. The molecule has 1 aromatic carbocycles. The van der Waals surface area contributed by atoms with Gasteiger partial charge >= 0.3 is 0 Å². The van der Waals surface area contributed by atoms with Gasteiger partial charge < -0.3 is 19.9 Å². The van der Waals surface area contributed by atoms with Crippen molar-refractivity contribution >= 4 is 11.8 Å². The fourth-order valence-electron chi connectivity index (χ4n) is 7.50. The van der Waals surface area contributed by atoms with Gasteiger partial charge in [0.15, 0.2) is 0 Å². The van der Waals surface area contributed by atoms with Crippen LogP contribution in [-0.2, 0) is 9.53 Å². The third-order valence-corrected chi connectivity index (χ3v) is 9.09. The van der Waals surface area contributed by atoms with Gasteiger partial charge in [-0.2, -0.15) is 0 Å². The number of rotatable bonds is 6. The first-order chi connectivity index (χ1) is 16.7. The Bertz CT molecular complexity index is 879. The van der Waals surface area contributed by atoms with Gasteiger partial charge in [-0.3, -0.25) is 9.59 Å². The molecule has 2 saturated heterocycles. The number of nitrogens with zero attached hydrogens (tertiary/aromatic N) is 2. The number of amides is 2. The van der Waals surface area contributed by atoms with E-state index in [0.717, 1.165) is 37.8 Å². The second-order valence-electron chi connectivity index (χ2n) is 10.9. The molecule has 1 aromatic rings. The molecular formula is C28H41N3O3. The molecule has 3 aliphatic heterocycles. The second kappa shape index (κ2) is 10.4. The minimum absolute atomic E-state index is 0.0590. The Labute approximate surface area is 204 Å². The van der Waals surface area contributed by atoms with Crippen LogP contribution in [0.4, 0.5) is 0 Å². The second-order valence-corrected chi connectivity index (χ2v) is 10.9. The predicted octanol–water partition coefficient (Wildman–Crippen LogP) is 3.96. The van der Waals surface area contributed by atoms with Crippen molar-refractivity contribution in [3.05, 3.63) is 35.4 Å². The van der Waals surface area contributed by atoms with E-state index < -0.39 is 5.54 Å². The molecule has 2 amide bonds. The number of hydrogen-bond acceptors (Lipinski definition) is 4. The smallest absolute Gasteiger partial charge is 0.254 e. The summed E-state index contributed by atoms with van der Waals surface area (Å²) in [6.07, 6.45) is 11.4. The molecular weight excluding hydrogens is 426 g/mol. The molecule has 34 heavy (non-hydrogen) atoms. The Morgan fingerprint density at radius 3 is 2.68 bits per heavy atom. The predicted molar refractivity (Wildman–Crippen MR) is 133 cm³/mol. The Morgan fingerprint density at radius 1 is 1.06 bits per heavy atom. The first-order valence-electron chi connectivity index (χ1n) is 13.6. The van der Waals surface area contributed by atoms with E-state index in [4.69, 9.17) is 4.74 Å². The molecule has 0 aromatic heterocycles. The van der Waals surface area contributed by atoms with Crippen molar-refractivity contribution in [2.75, 3.05) is 39.9 Å². The highest BCUT2D eigenvalue weighted by Crippen LogP contribution is 2.49. The number of fused-ring (bicyclic) bond motifs is 2. The lowest BCUT2D eigenvalue weighted by molar-refractivity contribution is -0.128. The molecule has 6 nitrogen and oxygen atoms in total. The molecule has 186 valence electrons. The minimum Gasteiger partial charge on any atom is -0.383 e. The highest BCUT2D eigenvalue weighted by atomic mass is 16.5. The van der Waals surface area contributed by atoms with Crippen LogP contribution in [0, 0.1) is 5.92 Å². The molecule has 0 unspecified atom stereocenters. The minimum atomic E-state index is -0.449. The van der Waals surface area contributed by atoms with Gasteiger partial charge in [0, 0.05) is 31.8 Å². The number of benzene rings is 1. The topological polar surface area (TPSA) is 61.9 Å². The van der Waals surface area contributed by atoms with Crippen LogP contribution in [0.15, 0.2) is 24.3 Å². The molecule has 3 atom stereocenters. The zero-order chi connectivity index (χ0) is 23.5. The Morgan fingerprint density at radius 2 is 1.85 bits per heavy atom. The number of methoxy groups -OCH3 is 1. The lowest BCUT2D eigenvalue weighted by atomic mass is 9.65. The lowest BCUT2D eigenvalue weighted by Gasteiger charge is -2.54. The summed E-state index contributed by atoms with van der Waals surface area (Å²) >= 11 is 0. The first-order valence-corrected chi connectivity index (χ1v) is 13.6. The van der Waals surface area contributed by atoms with Crippen LogP contribution in [-0.4, -0.2) is 73.1 Å². The van der Waals surface area contributed by atoms with E-state index in [1.54, 1.807) is 7.11 Å². The maximum Gasteiger partial charge on any atom is 0.254 e. The summed E-state index contributed by atoms with van der Waals surface area (Å²) in [7, 11) is 1.68. The van der Waals surface area contributed by atoms with E-state index >= 15 is 0 Å². The van der Waals surface area contributed by atoms with Gasteiger partial charge in [0.2, 0.25) is 5.91 Å². The third-order valence-electron chi connectivity index (χ3n) is 9.09. The molecule has 0 radical (unpaired) electrons. The SMILES string of the molecule is COCCN1C(=O)c2ccccc2[C@H](C(=O)NC[C@H]2CCCN3CCCC[C@H]23)C12CCCCC2. The fourth-order valence-corrected chi connectivity index (χ4v) is 7.50. The summed E-state index contributed by atoms with van der Waals surface area (Å²) in [5, 5.41) is 3.42. The van der Waals surface area contributed by atoms with E-state index in [9.17, 15) is 9.59 Å². The average Bonchev–Trinajstić information content (AvgIpc) is 2.88. The van der Waals surface area contributed by atoms with E-state index in [0.29, 0.717) is 30.7 Å². The summed E-state index contributed by atoms with van der Waals surface area (Å²) in [5.41, 5.74) is 1.16. The van der Waals surface area contributed by atoms with E-state index in [2.05, 4.69) is 10.2 Å². The summed E-state index contributed by atoms with van der Waals surface area (Å²) in [5.74, 6) is 0.385. The summed E-state index contributed by atoms with van der Waals surface area (Å²) in [6.45, 7) is 4.20. The van der Waals surface area contributed by atoms with Gasteiger partial charge in [0.1, 0.15) is 0 Å². The van der Waals surface area contributed by atoms with Gasteiger partial charge in [-0.05, 0) is 69.2 Å². The number of carbonyl (C=O) groups excluding carboxylic acids is 2. The maximum atomic E-state index is 14.1. The Hall–Kier alpha value is -1.92. The monoisotopic (exact) mass is 467 g/mol. The van der Waals surface area contributed by atoms with Crippen molar-refractivity contribution in [3.8, 4) is 0 Å².